The standard InChI is InChI=1S/C14H16ClN3/c1-10(2)16-12-8-9-13(15)18-14(12)17-11-6-4-3-5-7-11/h3-10,16H,1-2H3,(H,17,18). The van der Waals surface area contributed by atoms with Crippen LogP contribution in [0.2, 0.25) is 5.15 Å². The molecule has 1 aromatic heterocycles. The highest BCUT2D eigenvalue weighted by Gasteiger charge is 2.06. The number of hydrogen-bond acceptors (Lipinski definition) is 3. The van der Waals surface area contributed by atoms with Crippen LogP contribution in [0.3, 0.4) is 0 Å². The molecular weight excluding hydrogens is 246 g/mol. The van der Waals surface area contributed by atoms with Gasteiger partial charge >= 0.3 is 0 Å². The molecule has 0 aliphatic carbocycles. The number of nitrogens with one attached hydrogen (secondary N) is 2. The second-order valence-electron chi connectivity index (χ2n) is 4.32. The van der Waals surface area contributed by atoms with Gasteiger partial charge in [0.25, 0.3) is 0 Å². The molecule has 1 aromatic carbocycles. The van der Waals surface area contributed by atoms with Gasteiger partial charge in [0.15, 0.2) is 5.82 Å². The van der Waals surface area contributed by atoms with Crippen molar-refractivity contribution in [2.45, 2.75) is 19.9 Å². The highest BCUT2D eigenvalue weighted by atomic mass is 35.5. The molecule has 0 aliphatic heterocycles. The third-order valence-corrected chi connectivity index (χ3v) is 2.55. The summed E-state index contributed by atoms with van der Waals surface area (Å²) in [5.74, 6) is 0.738. The summed E-state index contributed by atoms with van der Waals surface area (Å²) in [6.45, 7) is 4.17. The molecule has 0 unspecified atom stereocenters. The van der Waals surface area contributed by atoms with Crippen LogP contribution in [0.25, 0.3) is 0 Å². The SMILES string of the molecule is CC(C)Nc1ccc(Cl)nc1Nc1ccccc1. The van der Waals surface area contributed by atoms with E-state index in [1.54, 1.807) is 6.07 Å². The number of rotatable bonds is 4. The van der Waals surface area contributed by atoms with Crippen molar-refractivity contribution < 1.29 is 0 Å². The first-order valence-electron chi connectivity index (χ1n) is 5.90. The van der Waals surface area contributed by atoms with Crippen LogP contribution in [-0.2, 0) is 0 Å². The van der Waals surface area contributed by atoms with Crippen molar-refractivity contribution in [1.82, 2.24) is 4.98 Å². The average molecular weight is 262 g/mol. The number of hydrogen-bond donors (Lipinski definition) is 2. The summed E-state index contributed by atoms with van der Waals surface area (Å²) in [6, 6.07) is 13.9. The summed E-state index contributed by atoms with van der Waals surface area (Å²) in [4.78, 5) is 4.31. The van der Waals surface area contributed by atoms with Crippen LogP contribution in [-0.4, -0.2) is 11.0 Å². The Kier molecular flexibility index (Phi) is 4.05. The molecule has 0 fully saturated rings. The van der Waals surface area contributed by atoms with Gasteiger partial charge in [-0.15, -0.1) is 0 Å². The summed E-state index contributed by atoms with van der Waals surface area (Å²) in [5, 5.41) is 7.07. The normalized spacial score (nSPS) is 10.4. The molecule has 0 atom stereocenters. The number of benzene rings is 1. The lowest BCUT2D eigenvalue weighted by atomic mass is 10.3. The second kappa shape index (κ2) is 5.74. The van der Waals surface area contributed by atoms with Crippen LogP contribution >= 0.6 is 11.6 Å². The minimum Gasteiger partial charge on any atom is -0.380 e. The lowest BCUT2D eigenvalue weighted by Crippen LogP contribution is -2.12. The zero-order valence-corrected chi connectivity index (χ0v) is 11.2. The molecule has 0 bridgehead atoms. The molecule has 2 aromatic rings. The van der Waals surface area contributed by atoms with Crippen molar-refractivity contribution in [3.8, 4) is 0 Å². The maximum absolute atomic E-state index is 5.94. The molecule has 18 heavy (non-hydrogen) atoms. The average Bonchev–Trinajstić information content (AvgIpc) is 2.33. The molecule has 2 N–H and O–H groups in total. The van der Waals surface area contributed by atoms with E-state index < -0.39 is 0 Å². The third-order valence-electron chi connectivity index (χ3n) is 2.34. The first kappa shape index (κ1) is 12.7. The lowest BCUT2D eigenvalue weighted by Gasteiger charge is -2.15. The van der Waals surface area contributed by atoms with Gasteiger partial charge in [-0.25, -0.2) is 4.98 Å². The molecule has 94 valence electrons. The van der Waals surface area contributed by atoms with Crippen LogP contribution in [0, 0.1) is 0 Å². The van der Waals surface area contributed by atoms with E-state index in [0.717, 1.165) is 17.2 Å². The monoisotopic (exact) mass is 261 g/mol. The molecule has 0 aliphatic rings. The van der Waals surface area contributed by atoms with Gasteiger partial charge in [-0.1, -0.05) is 29.8 Å². The largest absolute Gasteiger partial charge is 0.380 e. The van der Waals surface area contributed by atoms with Gasteiger partial charge in [0.2, 0.25) is 0 Å². The van der Waals surface area contributed by atoms with Gasteiger partial charge in [0.05, 0.1) is 5.69 Å². The predicted octanol–water partition coefficient (Wildman–Crippen LogP) is 4.30. The maximum atomic E-state index is 5.94. The number of aromatic nitrogens is 1. The van der Waals surface area contributed by atoms with Gasteiger partial charge in [0.1, 0.15) is 5.15 Å². The summed E-state index contributed by atoms with van der Waals surface area (Å²) in [5.41, 5.74) is 1.93. The topological polar surface area (TPSA) is 37.0 Å². The van der Waals surface area contributed by atoms with Gasteiger partial charge in [0, 0.05) is 11.7 Å². The summed E-state index contributed by atoms with van der Waals surface area (Å²) in [7, 11) is 0. The first-order chi connectivity index (χ1) is 8.65. The zero-order valence-electron chi connectivity index (χ0n) is 10.4. The number of nitrogens with zero attached hydrogens (tertiary/aromatic N) is 1. The maximum Gasteiger partial charge on any atom is 0.155 e. The molecule has 0 spiro atoms. The highest BCUT2D eigenvalue weighted by molar-refractivity contribution is 6.29. The number of halogens is 1. The van der Waals surface area contributed by atoms with Gasteiger partial charge in [-0.3, -0.25) is 0 Å². The smallest absolute Gasteiger partial charge is 0.155 e. The molecule has 4 heteroatoms. The Morgan fingerprint density at radius 3 is 2.44 bits per heavy atom. The van der Waals surface area contributed by atoms with Crippen molar-refractivity contribution in [3.05, 3.63) is 47.6 Å². The second-order valence-corrected chi connectivity index (χ2v) is 4.71. The number of anilines is 3. The van der Waals surface area contributed by atoms with Crippen LogP contribution < -0.4 is 10.6 Å². The first-order valence-corrected chi connectivity index (χ1v) is 6.28. The van der Waals surface area contributed by atoms with E-state index in [-0.39, 0.29) is 0 Å². The van der Waals surface area contributed by atoms with E-state index >= 15 is 0 Å². The van der Waals surface area contributed by atoms with Crippen LogP contribution in [0.1, 0.15) is 13.8 Å². The van der Waals surface area contributed by atoms with Crippen molar-refractivity contribution in [1.29, 1.82) is 0 Å². The number of pyridine rings is 1. The Morgan fingerprint density at radius 1 is 1.06 bits per heavy atom. The van der Waals surface area contributed by atoms with Crippen LogP contribution in [0.5, 0.6) is 0 Å². The van der Waals surface area contributed by atoms with Gasteiger partial charge in [-0.05, 0) is 38.1 Å². The highest BCUT2D eigenvalue weighted by Crippen LogP contribution is 2.25. The van der Waals surface area contributed by atoms with E-state index in [2.05, 4.69) is 29.5 Å². The summed E-state index contributed by atoms with van der Waals surface area (Å²) >= 11 is 5.94. The molecule has 1 heterocycles. The Labute approximate surface area is 112 Å². The minimum atomic E-state index is 0.337. The minimum absolute atomic E-state index is 0.337. The van der Waals surface area contributed by atoms with Gasteiger partial charge < -0.3 is 10.6 Å². The predicted molar refractivity (Wildman–Crippen MR) is 77.7 cm³/mol. The Bertz CT molecular complexity index is 512. The lowest BCUT2D eigenvalue weighted by molar-refractivity contribution is 0.898. The molecule has 3 nitrogen and oxygen atoms in total. The van der Waals surface area contributed by atoms with Crippen LogP contribution in [0.15, 0.2) is 42.5 Å². The fourth-order valence-corrected chi connectivity index (χ4v) is 1.76. The van der Waals surface area contributed by atoms with Gasteiger partial charge in [-0.2, -0.15) is 0 Å². The molecule has 0 saturated carbocycles. The fourth-order valence-electron chi connectivity index (χ4n) is 1.62. The zero-order chi connectivity index (χ0) is 13.0. The molecule has 2 rings (SSSR count). The van der Waals surface area contributed by atoms with E-state index in [0.29, 0.717) is 11.2 Å². The fraction of sp³-hybridized carbons (Fsp3) is 0.214. The third kappa shape index (κ3) is 3.37. The Hall–Kier alpha value is -1.74. The molecular formula is C14H16ClN3. The van der Waals surface area contributed by atoms with Crippen molar-refractivity contribution in [3.63, 3.8) is 0 Å². The van der Waals surface area contributed by atoms with E-state index in [9.17, 15) is 0 Å². The van der Waals surface area contributed by atoms with E-state index in [1.165, 1.54) is 0 Å². The van der Waals surface area contributed by atoms with E-state index in [4.69, 9.17) is 11.6 Å². The molecule has 0 radical (unpaired) electrons. The quantitative estimate of drug-likeness (QED) is 0.806. The molecule has 0 amide bonds. The number of para-hydroxylation sites is 1. The summed E-state index contributed by atoms with van der Waals surface area (Å²) in [6.07, 6.45) is 0. The summed E-state index contributed by atoms with van der Waals surface area (Å²) < 4.78 is 0. The Morgan fingerprint density at radius 2 is 1.78 bits per heavy atom. The van der Waals surface area contributed by atoms with Crippen molar-refractivity contribution in [2.75, 3.05) is 10.6 Å². The van der Waals surface area contributed by atoms with Crippen LogP contribution in [0.4, 0.5) is 17.2 Å². The van der Waals surface area contributed by atoms with Crippen molar-refractivity contribution in [2.24, 2.45) is 0 Å². The molecule has 0 saturated heterocycles. The Balaban J connectivity index is 2.27. The van der Waals surface area contributed by atoms with E-state index in [1.807, 2.05) is 36.4 Å². The van der Waals surface area contributed by atoms with Crippen molar-refractivity contribution >= 4 is 28.8 Å².